The van der Waals surface area contributed by atoms with Crippen LogP contribution in [0.5, 0.6) is 0 Å². The van der Waals surface area contributed by atoms with Gasteiger partial charge in [0.1, 0.15) is 6.61 Å². The molecule has 0 N–H and O–H groups in total. The maximum Gasteiger partial charge on any atom is 0.409 e. The minimum Gasteiger partial charge on any atom is -0.445 e. The summed E-state index contributed by atoms with van der Waals surface area (Å²) in [6, 6.07) is 0. The van der Waals surface area contributed by atoms with Crippen molar-refractivity contribution in [2.24, 2.45) is 0 Å². The molecule has 0 spiro atoms. The van der Waals surface area contributed by atoms with Crippen LogP contribution in [0.4, 0.5) is 4.79 Å². The SMILES string of the molecule is C=CCOC(=O)N(C)CC. The van der Waals surface area contributed by atoms with E-state index in [4.69, 9.17) is 4.74 Å². The van der Waals surface area contributed by atoms with Crippen LogP contribution in [0.15, 0.2) is 12.7 Å². The van der Waals surface area contributed by atoms with E-state index in [-0.39, 0.29) is 12.7 Å². The Morgan fingerprint density at radius 3 is 2.80 bits per heavy atom. The molecule has 0 aliphatic rings. The molecule has 0 saturated heterocycles. The number of amides is 1. The summed E-state index contributed by atoms with van der Waals surface area (Å²) in [6.07, 6.45) is 1.24. The largest absolute Gasteiger partial charge is 0.445 e. The highest BCUT2D eigenvalue weighted by molar-refractivity contribution is 5.67. The maximum atomic E-state index is 10.8. The topological polar surface area (TPSA) is 29.5 Å². The molecule has 0 saturated carbocycles. The van der Waals surface area contributed by atoms with Crippen LogP contribution in [0.25, 0.3) is 0 Å². The molecule has 0 aromatic heterocycles. The van der Waals surface area contributed by atoms with E-state index in [1.54, 1.807) is 13.1 Å². The molecule has 10 heavy (non-hydrogen) atoms. The molecule has 0 aromatic rings. The molecule has 0 bridgehead atoms. The van der Waals surface area contributed by atoms with Crippen LogP contribution in [0, 0.1) is 0 Å². The molecule has 3 heteroatoms. The van der Waals surface area contributed by atoms with Crippen molar-refractivity contribution in [3.05, 3.63) is 12.7 Å². The summed E-state index contributed by atoms with van der Waals surface area (Å²) in [6.45, 7) is 6.25. The predicted molar refractivity (Wildman–Crippen MR) is 39.8 cm³/mol. The molecule has 0 fully saturated rings. The van der Waals surface area contributed by atoms with Crippen molar-refractivity contribution in [1.82, 2.24) is 4.90 Å². The lowest BCUT2D eigenvalue weighted by molar-refractivity contribution is 0.123. The zero-order chi connectivity index (χ0) is 7.98. The Bertz CT molecular complexity index is 123. The van der Waals surface area contributed by atoms with E-state index in [2.05, 4.69) is 6.58 Å². The molecule has 1 amide bonds. The predicted octanol–water partition coefficient (Wildman–Crippen LogP) is 1.26. The Morgan fingerprint density at radius 1 is 1.80 bits per heavy atom. The van der Waals surface area contributed by atoms with Gasteiger partial charge in [0.15, 0.2) is 0 Å². The highest BCUT2D eigenvalue weighted by Gasteiger charge is 2.04. The fourth-order valence-corrected chi connectivity index (χ4v) is 0.370. The molecular formula is C7H13NO2. The molecule has 0 unspecified atom stereocenters. The number of hydrogen-bond acceptors (Lipinski definition) is 2. The molecule has 0 rings (SSSR count). The van der Waals surface area contributed by atoms with Crippen LogP contribution < -0.4 is 0 Å². The average Bonchev–Trinajstić information content (AvgIpc) is 1.98. The standard InChI is InChI=1S/C7H13NO2/c1-4-6-10-7(9)8(3)5-2/h4H,1,5-6H2,2-3H3. The van der Waals surface area contributed by atoms with Gasteiger partial charge in [-0.1, -0.05) is 12.7 Å². The molecule has 0 heterocycles. The number of nitrogens with zero attached hydrogens (tertiary/aromatic N) is 1. The minimum atomic E-state index is -0.303. The van der Waals surface area contributed by atoms with Gasteiger partial charge in [-0.05, 0) is 6.92 Å². The second-order valence-electron chi connectivity index (χ2n) is 1.88. The Hall–Kier alpha value is -0.990. The normalized spacial score (nSPS) is 8.60. The fourth-order valence-electron chi connectivity index (χ4n) is 0.370. The lowest BCUT2D eigenvalue weighted by atomic mass is 10.6. The molecule has 58 valence electrons. The van der Waals surface area contributed by atoms with Crippen LogP contribution >= 0.6 is 0 Å². The molecule has 0 aliphatic heterocycles. The summed E-state index contributed by atoms with van der Waals surface area (Å²) in [5, 5.41) is 0. The lowest BCUT2D eigenvalue weighted by Crippen LogP contribution is -2.26. The molecule has 0 radical (unpaired) electrons. The number of hydrogen-bond donors (Lipinski definition) is 0. The van der Waals surface area contributed by atoms with Gasteiger partial charge in [0.05, 0.1) is 0 Å². The van der Waals surface area contributed by atoms with Gasteiger partial charge < -0.3 is 9.64 Å². The quantitative estimate of drug-likeness (QED) is 0.556. The van der Waals surface area contributed by atoms with Gasteiger partial charge in [0.25, 0.3) is 0 Å². The van der Waals surface area contributed by atoms with Crippen molar-refractivity contribution in [3.8, 4) is 0 Å². The van der Waals surface area contributed by atoms with Crippen LogP contribution in [0.2, 0.25) is 0 Å². The third kappa shape index (κ3) is 3.12. The van der Waals surface area contributed by atoms with E-state index < -0.39 is 0 Å². The maximum absolute atomic E-state index is 10.8. The Balaban J connectivity index is 3.51. The Morgan fingerprint density at radius 2 is 2.40 bits per heavy atom. The minimum absolute atomic E-state index is 0.281. The zero-order valence-corrected chi connectivity index (χ0v) is 6.46. The first-order valence-corrected chi connectivity index (χ1v) is 3.21. The first-order valence-electron chi connectivity index (χ1n) is 3.21. The summed E-state index contributed by atoms with van der Waals surface area (Å²) in [5.74, 6) is 0. The van der Waals surface area contributed by atoms with E-state index in [1.807, 2.05) is 6.92 Å². The van der Waals surface area contributed by atoms with Gasteiger partial charge in [-0.15, -0.1) is 0 Å². The van der Waals surface area contributed by atoms with E-state index in [0.717, 1.165) is 0 Å². The second kappa shape index (κ2) is 4.85. The fraction of sp³-hybridized carbons (Fsp3) is 0.571. The molecule has 0 atom stereocenters. The van der Waals surface area contributed by atoms with Crippen molar-refractivity contribution >= 4 is 6.09 Å². The second-order valence-corrected chi connectivity index (χ2v) is 1.88. The number of ether oxygens (including phenoxy) is 1. The van der Waals surface area contributed by atoms with Crippen LogP contribution in [0.1, 0.15) is 6.92 Å². The first-order chi connectivity index (χ1) is 4.72. The highest BCUT2D eigenvalue weighted by atomic mass is 16.6. The molecule has 3 nitrogen and oxygen atoms in total. The molecule has 0 aromatic carbocycles. The van der Waals surface area contributed by atoms with Crippen LogP contribution in [-0.2, 0) is 4.74 Å². The van der Waals surface area contributed by atoms with E-state index >= 15 is 0 Å². The molecular weight excluding hydrogens is 130 g/mol. The Labute approximate surface area is 61.3 Å². The van der Waals surface area contributed by atoms with Gasteiger partial charge >= 0.3 is 6.09 Å². The molecule has 0 aliphatic carbocycles. The van der Waals surface area contributed by atoms with Crippen LogP contribution in [0.3, 0.4) is 0 Å². The monoisotopic (exact) mass is 143 g/mol. The number of carbonyl (C=O) groups excluding carboxylic acids is 1. The van der Waals surface area contributed by atoms with E-state index in [1.165, 1.54) is 4.90 Å². The number of rotatable bonds is 3. The van der Waals surface area contributed by atoms with Crippen LogP contribution in [-0.4, -0.2) is 31.2 Å². The Kier molecular flexibility index (Phi) is 4.37. The van der Waals surface area contributed by atoms with Gasteiger partial charge in [0.2, 0.25) is 0 Å². The van der Waals surface area contributed by atoms with Crippen molar-refractivity contribution in [1.29, 1.82) is 0 Å². The summed E-state index contributed by atoms with van der Waals surface area (Å²) in [4.78, 5) is 12.3. The highest BCUT2D eigenvalue weighted by Crippen LogP contribution is 1.88. The summed E-state index contributed by atoms with van der Waals surface area (Å²) in [7, 11) is 1.69. The van der Waals surface area contributed by atoms with E-state index in [9.17, 15) is 4.79 Å². The smallest absolute Gasteiger partial charge is 0.409 e. The summed E-state index contributed by atoms with van der Waals surface area (Å²) < 4.78 is 4.71. The summed E-state index contributed by atoms with van der Waals surface area (Å²) >= 11 is 0. The summed E-state index contributed by atoms with van der Waals surface area (Å²) in [5.41, 5.74) is 0. The van der Waals surface area contributed by atoms with Crippen molar-refractivity contribution < 1.29 is 9.53 Å². The van der Waals surface area contributed by atoms with Crippen molar-refractivity contribution in [2.45, 2.75) is 6.92 Å². The van der Waals surface area contributed by atoms with Crippen molar-refractivity contribution in [2.75, 3.05) is 20.2 Å². The van der Waals surface area contributed by atoms with Gasteiger partial charge in [-0.2, -0.15) is 0 Å². The van der Waals surface area contributed by atoms with Gasteiger partial charge in [-0.3, -0.25) is 0 Å². The van der Waals surface area contributed by atoms with Gasteiger partial charge in [-0.25, -0.2) is 4.79 Å². The van der Waals surface area contributed by atoms with Crippen molar-refractivity contribution in [3.63, 3.8) is 0 Å². The number of carbonyl (C=O) groups is 1. The van der Waals surface area contributed by atoms with E-state index in [0.29, 0.717) is 6.54 Å². The van der Waals surface area contributed by atoms with Gasteiger partial charge in [0, 0.05) is 13.6 Å². The zero-order valence-electron chi connectivity index (χ0n) is 6.46. The third-order valence-corrected chi connectivity index (χ3v) is 1.11. The average molecular weight is 143 g/mol. The third-order valence-electron chi connectivity index (χ3n) is 1.11. The first kappa shape index (κ1) is 9.01. The lowest BCUT2D eigenvalue weighted by Gasteiger charge is -2.12.